The van der Waals surface area contributed by atoms with Crippen LogP contribution in [0.2, 0.25) is 0 Å². The van der Waals surface area contributed by atoms with Gasteiger partial charge in [0.1, 0.15) is 0 Å². The lowest BCUT2D eigenvalue weighted by Gasteiger charge is -2.13. The van der Waals surface area contributed by atoms with Crippen LogP contribution in [-0.2, 0) is 11.2 Å². The molecule has 0 radical (unpaired) electrons. The Balaban J connectivity index is 1.74. The van der Waals surface area contributed by atoms with Gasteiger partial charge in [-0.1, -0.05) is 12.1 Å². The molecule has 2 atom stereocenters. The lowest BCUT2D eigenvalue weighted by Crippen LogP contribution is -2.31. The minimum atomic E-state index is 0.126. The van der Waals surface area contributed by atoms with Crippen molar-refractivity contribution >= 4 is 11.6 Å². The number of amides is 1. The predicted molar refractivity (Wildman–Crippen MR) is 82.8 cm³/mol. The molecule has 0 heterocycles. The lowest BCUT2D eigenvalue weighted by atomic mass is 10.1. The van der Waals surface area contributed by atoms with Crippen molar-refractivity contribution in [1.29, 1.82) is 0 Å². The Morgan fingerprint density at radius 2 is 2.00 bits per heavy atom. The van der Waals surface area contributed by atoms with Gasteiger partial charge in [-0.3, -0.25) is 4.79 Å². The average molecular weight is 275 g/mol. The monoisotopic (exact) mass is 275 g/mol. The van der Waals surface area contributed by atoms with Crippen LogP contribution in [0.25, 0.3) is 0 Å². The van der Waals surface area contributed by atoms with Gasteiger partial charge >= 0.3 is 0 Å². The molecule has 1 aromatic rings. The number of carbonyl (C=O) groups is 1. The highest BCUT2D eigenvalue weighted by molar-refractivity contribution is 5.79. The maximum absolute atomic E-state index is 12.0. The molecule has 1 amide bonds. The molecule has 0 unspecified atom stereocenters. The molecule has 110 valence electrons. The van der Waals surface area contributed by atoms with E-state index in [1.54, 1.807) is 0 Å². The fourth-order valence-corrected chi connectivity index (χ4v) is 2.69. The van der Waals surface area contributed by atoms with Gasteiger partial charge in [0.2, 0.25) is 5.91 Å². The molecule has 1 aromatic carbocycles. The number of anilines is 1. The molecule has 0 bridgehead atoms. The molecular weight excluding hydrogens is 250 g/mol. The molecule has 20 heavy (non-hydrogen) atoms. The van der Waals surface area contributed by atoms with Crippen LogP contribution >= 0.6 is 0 Å². The van der Waals surface area contributed by atoms with E-state index in [1.165, 1.54) is 11.3 Å². The number of hydrogen-bond donors (Lipinski definition) is 2. The summed E-state index contributed by atoms with van der Waals surface area (Å²) in [7, 11) is 4.06. The molecule has 3 N–H and O–H groups in total. The fraction of sp³-hybridized carbons (Fsp3) is 0.562. The van der Waals surface area contributed by atoms with Crippen molar-refractivity contribution in [3.8, 4) is 0 Å². The van der Waals surface area contributed by atoms with Crippen LogP contribution in [0.4, 0.5) is 5.69 Å². The molecule has 0 saturated heterocycles. The highest BCUT2D eigenvalue weighted by Crippen LogP contribution is 2.23. The van der Waals surface area contributed by atoms with E-state index >= 15 is 0 Å². The maximum Gasteiger partial charge on any atom is 0.223 e. The van der Waals surface area contributed by atoms with Crippen molar-refractivity contribution in [1.82, 2.24) is 5.32 Å². The summed E-state index contributed by atoms with van der Waals surface area (Å²) >= 11 is 0. The third kappa shape index (κ3) is 3.97. The van der Waals surface area contributed by atoms with Gasteiger partial charge in [0.25, 0.3) is 0 Å². The van der Waals surface area contributed by atoms with E-state index in [0.717, 1.165) is 25.7 Å². The Morgan fingerprint density at radius 1 is 1.30 bits per heavy atom. The van der Waals surface area contributed by atoms with E-state index in [-0.39, 0.29) is 17.9 Å². The molecule has 1 saturated carbocycles. The molecule has 4 heteroatoms. The summed E-state index contributed by atoms with van der Waals surface area (Å²) in [6.45, 7) is 0.700. The fourth-order valence-electron chi connectivity index (χ4n) is 2.69. The number of rotatable bonds is 5. The summed E-state index contributed by atoms with van der Waals surface area (Å²) in [6.07, 6.45) is 3.62. The smallest absolute Gasteiger partial charge is 0.223 e. The highest BCUT2D eigenvalue weighted by atomic mass is 16.1. The lowest BCUT2D eigenvalue weighted by molar-refractivity contribution is -0.124. The van der Waals surface area contributed by atoms with Gasteiger partial charge in [-0.15, -0.1) is 0 Å². The Bertz CT molecular complexity index is 442. The van der Waals surface area contributed by atoms with Gasteiger partial charge in [0.15, 0.2) is 0 Å². The van der Waals surface area contributed by atoms with Gasteiger partial charge in [0, 0.05) is 38.3 Å². The normalized spacial score (nSPS) is 21.8. The molecule has 2 rings (SSSR count). The zero-order valence-corrected chi connectivity index (χ0v) is 12.4. The Morgan fingerprint density at radius 3 is 2.55 bits per heavy atom. The van der Waals surface area contributed by atoms with E-state index in [4.69, 9.17) is 5.73 Å². The van der Waals surface area contributed by atoms with Gasteiger partial charge < -0.3 is 16.0 Å². The van der Waals surface area contributed by atoms with E-state index in [1.807, 2.05) is 14.1 Å². The number of carbonyl (C=O) groups excluding carboxylic acids is 1. The first-order valence-corrected chi connectivity index (χ1v) is 7.36. The van der Waals surface area contributed by atoms with E-state index < -0.39 is 0 Å². The van der Waals surface area contributed by atoms with Crippen LogP contribution in [0.1, 0.15) is 24.8 Å². The van der Waals surface area contributed by atoms with E-state index in [9.17, 15) is 4.79 Å². The molecule has 1 aliphatic rings. The van der Waals surface area contributed by atoms with Crippen LogP contribution < -0.4 is 16.0 Å². The van der Waals surface area contributed by atoms with Crippen LogP contribution in [0, 0.1) is 5.92 Å². The van der Waals surface area contributed by atoms with Crippen LogP contribution in [0.3, 0.4) is 0 Å². The number of benzene rings is 1. The highest BCUT2D eigenvalue weighted by Gasteiger charge is 2.27. The first kappa shape index (κ1) is 14.9. The first-order valence-electron chi connectivity index (χ1n) is 7.36. The third-order valence-electron chi connectivity index (χ3n) is 4.01. The van der Waals surface area contributed by atoms with Gasteiger partial charge in [-0.25, -0.2) is 0 Å². The van der Waals surface area contributed by atoms with Crippen molar-refractivity contribution in [3.63, 3.8) is 0 Å². The SMILES string of the molecule is CN(C)c1ccc(CCNC(=O)[C@@H]2CC[C@H](N)C2)cc1. The van der Waals surface area contributed by atoms with Gasteiger partial charge in [-0.05, 0) is 43.4 Å². The Hall–Kier alpha value is -1.55. The van der Waals surface area contributed by atoms with Crippen molar-refractivity contribution in [2.24, 2.45) is 11.7 Å². The van der Waals surface area contributed by atoms with Crippen LogP contribution in [0.15, 0.2) is 24.3 Å². The van der Waals surface area contributed by atoms with Crippen molar-refractivity contribution in [2.75, 3.05) is 25.5 Å². The van der Waals surface area contributed by atoms with Crippen LogP contribution in [0.5, 0.6) is 0 Å². The summed E-state index contributed by atoms with van der Waals surface area (Å²) in [6, 6.07) is 8.66. The molecule has 1 fully saturated rings. The Kier molecular flexibility index (Phi) is 5.01. The molecule has 0 aromatic heterocycles. The molecule has 0 aliphatic heterocycles. The minimum Gasteiger partial charge on any atom is -0.378 e. The Labute approximate surface area is 121 Å². The molecular formula is C16H25N3O. The zero-order chi connectivity index (χ0) is 14.5. The molecule has 0 spiro atoms. The second-order valence-corrected chi connectivity index (χ2v) is 5.87. The van der Waals surface area contributed by atoms with E-state index in [2.05, 4.69) is 34.5 Å². The number of nitrogens with two attached hydrogens (primary N) is 1. The summed E-state index contributed by atoms with van der Waals surface area (Å²) < 4.78 is 0. The zero-order valence-electron chi connectivity index (χ0n) is 12.4. The first-order chi connectivity index (χ1) is 9.56. The predicted octanol–water partition coefficient (Wildman–Crippen LogP) is 1.54. The summed E-state index contributed by atoms with van der Waals surface area (Å²) in [5.74, 6) is 0.295. The standard InChI is InChI=1S/C16H25N3O/c1-19(2)15-7-3-12(4-8-15)9-10-18-16(20)13-5-6-14(17)11-13/h3-4,7-8,13-14H,5-6,9-11,17H2,1-2H3,(H,18,20)/t13-,14+/m1/s1. The topological polar surface area (TPSA) is 58.4 Å². The van der Waals surface area contributed by atoms with Crippen molar-refractivity contribution in [3.05, 3.63) is 29.8 Å². The summed E-state index contributed by atoms with van der Waals surface area (Å²) in [4.78, 5) is 14.0. The van der Waals surface area contributed by atoms with E-state index in [0.29, 0.717) is 6.54 Å². The molecule has 1 aliphatic carbocycles. The molecule has 4 nitrogen and oxygen atoms in total. The summed E-state index contributed by atoms with van der Waals surface area (Å²) in [5, 5.41) is 3.03. The van der Waals surface area contributed by atoms with Gasteiger partial charge in [0.05, 0.1) is 0 Å². The van der Waals surface area contributed by atoms with Gasteiger partial charge in [-0.2, -0.15) is 0 Å². The largest absolute Gasteiger partial charge is 0.378 e. The second kappa shape index (κ2) is 6.75. The van der Waals surface area contributed by atoms with Crippen LogP contribution in [-0.4, -0.2) is 32.6 Å². The summed E-state index contributed by atoms with van der Waals surface area (Å²) in [5.41, 5.74) is 8.28. The number of nitrogens with zero attached hydrogens (tertiary/aromatic N) is 1. The quantitative estimate of drug-likeness (QED) is 0.857. The minimum absolute atomic E-state index is 0.126. The second-order valence-electron chi connectivity index (χ2n) is 5.87. The number of hydrogen-bond acceptors (Lipinski definition) is 3. The van der Waals surface area contributed by atoms with Crippen molar-refractivity contribution < 1.29 is 4.79 Å². The van der Waals surface area contributed by atoms with Crippen molar-refractivity contribution in [2.45, 2.75) is 31.7 Å². The third-order valence-corrected chi connectivity index (χ3v) is 4.01. The maximum atomic E-state index is 12.0. The number of nitrogens with one attached hydrogen (secondary N) is 1. The average Bonchev–Trinajstić information content (AvgIpc) is 2.86.